The van der Waals surface area contributed by atoms with Gasteiger partial charge in [-0.3, -0.25) is 0 Å². The van der Waals surface area contributed by atoms with Gasteiger partial charge in [-0.15, -0.1) is 0 Å². The molecule has 0 heterocycles. The summed E-state index contributed by atoms with van der Waals surface area (Å²) in [7, 11) is 0. The Bertz CT molecular complexity index is 783. The molecule has 3 aromatic rings. The van der Waals surface area contributed by atoms with Crippen LogP contribution in [0.5, 0.6) is 0 Å². The fourth-order valence-corrected chi connectivity index (χ4v) is 3.07. The molecule has 0 atom stereocenters. The Balaban J connectivity index is 1.93. The molecule has 3 aromatic carbocycles. The standard InChI is InChI=1S/C20H23N/c1-3-4-5-12-21-14-18-13-17-10-6-8-16-9-7-11-19(15(18)2)20(16)17/h6-11,13,21H,2-5,12,14H2,1H3. The number of hydrogen-bond acceptors (Lipinski definition) is 1. The minimum Gasteiger partial charge on any atom is -0.313 e. The van der Waals surface area contributed by atoms with Crippen LogP contribution in [0.15, 0.2) is 42.5 Å². The molecule has 0 unspecified atom stereocenters. The second-order valence-electron chi connectivity index (χ2n) is 5.78. The number of benzene rings is 3. The Morgan fingerprint density at radius 2 is 1.76 bits per heavy atom. The van der Waals surface area contributed by atoms with E-state index in [1.807, 2.05) is 0 Å². The van der Waals surface area contributed by atoms with Gasteiger partial charge in [0.25, 0.3) is 0 Å². The maximum atomic E-state index is 4.33. The third kappa shape index (κ3) is 2.79. The number of nitrogens with one attached hydrogen (secondary N) is 1. The van der Waals surface area contributed by atoms with Gasteiger partial charge in [0.05, 0.1) is 0 Å². The molecule has 1 nitrogen and oxygen atoms in total. The minimum atomic E-state index is 0.910. The van der Waals surface area contributed by atoms with Crippen LogP contribution in [-0.4, -0.2) is 6.54 Å². The molecule has 0 aromatic heterocycles. The number of unbranched alkanes of at least 4 members (excludes halogenated alkanes) is 2. The summed E-state index contributed by atoms with van der Waals surface area (Å²) in [5.74, 6) is 0. The van der Waals surface area contributed by atoms with Gasteiger partial charge in [0.1, 0.15) is 0 Å². The first kappa shape index (κ1) is 14.1. The highest BCUT2D eigenvalue weighted by Gasteiger charge is 2.05. The third-order valence-corrected chi connectivity index (χ3v) is 4.25. The first-order valence-corrected chi connectivity index (χ1v) is 7.94. The second kappa shape index (κ2) is 6.28. The van der Waals surface area contributed by atoms with Crippen molar-refractivity contribution < 1.29 is 0 Å². The van der Waals surface area contributed by atoms with Crippen molar-refractivity contribution in [3.05, 3.63) is 53.2 Å². The summed E-state index contributed by atoms with van der Waals surface area (Å²) in [4.78, 5) is 0. The quantitative estimate of drug-likeness (QED) is 0.658. The van der Waals surface area contributed by atoms with Gasteiger partial charge in [-0.1, -0.05) is 62.7 Å². The van der Waals surface area contributed by atoms with E-state index in [1.165, 1.54) is 51.6 Å². The second-order valence-corrected chi connectivity index (χ2v) is 5.78. The molecule has 0 aliphatic rings. The molecule has 0 spiro atoms. The largest absolute Gasteiger partial charge is 0.313 e. The van der Waals surface area contributed by atoms with Gasteiger partial charge in [-0.2, -0.15) is 0 Å². The summed E-state index contributed by atoms with van der Waals surface area (Å²) < 4.78 is 0. The first-order valence-electron chi connectivity index (χ1n) is 7.94. The molecule has 108 valence electrons. The molecule has 0 amide bonds. The highest BCUT2D eigenvalue weighted by Crippen LogP contribution is 2.25. The van der Waals surface area contributed by atoms with E-state index in [4.69, 9.17) is 0 Å². The van der Waals surface area contributed by atoms with E-state index in [1.54, 1.807) is 0 Å². The fourth-order valence-electron chi connectivity index (χ4n) is 3.07. The zero-order chi connectivity index (χ0) is 14.7. The fraction of sp³-hybridized carbons (Fsp3) is 0.300. The summed E-state index contributed by atoms with van der Waals surface area (Å²) in [6.45, 7) is 8.56. The Kier molecular flexibility index (Phi) is 4.21. The zero-order valence-corrected chi connectivity index (χ0v) is 12.8. The minimum absolute atomic E-state index is 0.910. The van der Waals surface area contributed by atoms with Gasteiger partial charge in [-0.05, 0) is 51.4 Å². The van der Waals surface area contributed by atoms with Crippen molar-refractivity contribution in [3.63, 3.8) is 0 Å². The van der Waals surface area contributed by atoms with E-state index in [0.29, 0.717) is 0 Å². The SMILES string of the molecule is C=c1c(CNCCCCC)cc2cccc3cccc1c32. The van der Waals surface area contributed by atoms with Gasteiger partial charge in [0.2, 0.25) is 0 Å². The molecule has 0 radical (unpaired) electrons. The predicted octanol–water partition coefficient (Wildman–Crippen LogP) is 4.40. The summed E-state index contributed by atoms with van der Waals surface area (Å²) >= 11 is 0. The molecule has 1 N–H and O–H groups in total. The average Bonchev–Trinajstić information content (AvgIpc) is 2.51. The Hall–Kier alpha value is -1.86. The maximum Gasteiger partial charge on any atom is 0.0211 e. The smallest absolute Gasteiger partial charge is 0.0211 e. The lowest BCUT2D eigenvalue weighted by molar-refractivity contribution is 0.616. The Labute approximate surface area is 126 Å². The van der Waals surface area contributed by atoms with Gasteiger partial charge in [0.15, 0.2) is 0 Å². The van der Waals surface area contributed by atoms with Crippen LogP contribution in [-0.2, 0) is 6.54 Å². The van der Waals surface area contributed by atoms with Crippen LogP contribution in [0.2, 0.25) is 0 Å². The lowest BCUT2D eigenvalue weighted by atomic mass is 9.96. The highest BCUT2D eigenvalue weighted by atomic mass is 14.8. The van der Waals surface area contributed by atoms with E-state index in [-0.39, 0.29) is 0 Å². The molecule has 0 saturated carbocycles. The molecule has 21 heavy (non-hydrogen) atoms. The molecule has 0 fully saturated rings. The number of hydrogen-bond donors (Lipinski definition) is 1. The molecule has 0 aliphatic carbocycles. The average molecular weight is 277 g/mol. The molecular formula is C20H23N. The maximum absolute atomic E-state index is 4.33. The van der Waals surface area contributed by atoms with Crippen molar-refractivity contribution in [1.82, 2.24) is 5.32 Å². The summed E-state index contributed by atoms with van der Waals surface area (Å²) in [6, 6.07) is 15.3. The van der Waals surface area contributed by atoms with Crippen LogP contribution < -0.4 is 10.5 Å². The predicted molar refractivity (Wildman–Crippen MR) is 93.4 cm³/mol. The van der Waals surface area contributed by atoms with Crippen molar-refractivity contribution in [2.45, 2.75) is 32.7 Å². The van der Waals surface area contributed by atoms with E-state index in [0.717, 1.165) is 13.1 Å². The van der Waals surface area contributed by atoms with Crippen molar-refractivity contribution in [3.8, 4) is 0 Å². The molecule has 0 aliphatic heterocycles. The van der Waals surface area contributed by atoms with E-state index in [9.17, 15) is 0 Å². The lowest BCUT2D eigenvalue weighted by Crippen LogP contribution is -2.20. The Morgan fingerprint density at radius 1 is 1.00 bits per heavy atom. The van der Waals surface area contributed by atoms with Crippen molar-refractivity contribution in [2.24, 2.45) is 0 Å². The molecule has 3 rings (SSSR count). The summed E-state index contributed by atoms with van der Waals surface area (Å²) in [5, 5.41) is 9.98. The third-order valence-electron chi connectivity index (χ3n) is 4.25. The lowest BCUT2D eigenvalue weighted by Gasteiger charge is -2.11. The van der Waals surface area contributed by atoms with Crippen molar-refractivity contribution in [2.75, 3.05) is 6.54 Å². The summed E-state index contributed by atoms with van der Waals surface area (Å²) in [6.07, 6.45) is 3.82. The topological polar surface area (TPSA) is 12.0 Å². The van der Waals surface area contributed by atoms with Crippen molar-refractivity contribution in [1.29, 1.82) is 0 Å². The molecule has 1 heteroatoms. The van der Waals surface area contributed by atoms with Gasteiger partial charge < -0.3 is 5.32 Å². The van der Waals surface area contributed by atoms with Crippen LogP contribution in [0, 0.1) is 0 Å². The molecular weight excluding hydrogens is 254 g/mol. The normalized spacial score (nSPS) is 11.5. The van der Waals surface area contributed by atoms with E-state index >= 15 is 0 Å². The van der Waals surface area contributed by atoms with Crippen molar-refractivity contribution >= 4 is 28.1 Å². The van der Waals surface area contributed by atoms with Crippen LogP contribution in [0.1, 0.15) is 31.7 Å². The molecule has 0 saturated heterocycles. The van der Waals surface area contributed by atoms with Crippen LogP contribution in [0.25, 0.3) is 28.1 Å². The van der Waals surface area contributed by atoms with E-state index in [2.05, 4.69) is 61.3 Å². The van der Waals surface area contributed by atoms with Gasteiger partial charge in [-0.25, -0.2) is 0 Å². The zero-order valence-electron chi connectivity index (χ0n) is 12.8. The number of rotatable bonds is 6. The van der Waals surface area contributed by atoms with Crippen LogP contribution >= 0.6 is 0 Å². The van der Waals surface area contributed by atoms with Gasteiger partial charge in [0, 0.05) is 6.54 Å². The Morgan fingerprint density at radius 3 is 2.57 bits per heavy atom. The highest BCUT2D eigenvalue weighted by molar-refractivity contribution is 6.10. The molecule has 0 bridgehead atoms. The van der Waals surface area contributed by atoms with Crippen LogP contribution in [0.3, 0.4) is 0 Å². The van der Waals surface area contributed by atoms with Gasteiger partial charge >= 0.3 is 0 Å². The van der Waals surface area contributed by atoms with E-state index < -0.39 is 0 Å². The summed E-state index contributed by atoms with van der Waals surface area (Å²) in [5.41, 5.74) is 1.32. The van der Waals surface area contributed by atoms with Crippen LogP contribution in [0.4, 0.5) is 0 Å². The monoisotopic (exact) mass is 277 g/mol. The first-order chi connectivity index (χ1) is 10.3.